The Bertz CT molecular complexity index is 824. The number of alkyl carbamates (subject to hydrolysis) is 1. The van der Waals surface area contributed by atoms with E-state index in [2.05, 4.69) is 26.3 Å². The van der Waals surface area contributed by atoms with Crippen LogP contribution in [0.3, 0.4) is 0 Å². The topological polar surface area (TPSA) is 139 Å². The molecule has 0 bridgehead atoms. The summed E-state index contributed by atoms with van der Waals surface area (Å²) in [4.78, 5) is 52.9. The largest absolute Gasteiger partial charge is 0.444 e. The maximum Gasteiger partial charge on any atom is 0.407 e. The molecular weight excluding hydrogens is 426 g/mol. The fraction of sp³-hybridized carbons (Fsp3) is 0.550. The van der Waals surface area contributed by atoms with Crippen LogP contribution >= 0.6 is 11.6 Å². The number of carbonyl (C=O) groups is 4. The Balaban J connectivity index is 2.04. The Morgan fingerprint density at radius 1 is 1.06 bits per heavy atom. The molecule has 3 atom stereocenters. The number of aromatic nitrogens is 1. The summed E-state index contributed by atoms with van der Waals surface area (Å²) in [7, 11) is 1.54. The van der Waals surface area contributed by atoms with Gasteiger partial charge in [0, 0.05) is 25.2 Å². The molecule has 2 rings (SSSR count). The van der Waals surface area contributed by atoms with Crippen molar-refractivity contribution in [2.75, 3.05) is 12.4 Å². The van der Waals surface area contributed by atoms with E-state index in [1.54, 1.807) is 27.8 Å². The van der Waals surface area contributed by atoms with Crippen LogP contribution in [0.15, 0.2) is 18.3 Å². The van der Waals surface area contributed by atoms with Gasteiger partial charge in [-0.25, -0.2) is 9.78 Å². The molecule has 0 spiro atoms. The number of pyridine rings is 1. The number of ether oxygens (including phenoxy) is 1. The summed E-state index contributed by atoms with van der Waals surface area (Å²) in [6.07, 6.45) is 1.87. The Morgan fingerprint density at radius 2 is 1.77 bits per heavy atom. The standard InChI is InChI=1S/C20H28ClN5O5/c1-20(2,3)31-19(30)25-14-9-11(16(27)22-4)5-7-13(14)24-17(28)18(29)26-15-8-6-12(21)10-23-15/h6,8,10-11,13-14H,5,7,9H2,1-4H3,(H,22,27)(H,24,28)(H,25,30)(H,23,26,29)/t11-,13+,14+/m1/s1. The quantitative estimate of drug-likeness (QED) is 0.511. The fourth-order valence-electron chi connectivity index (χ4n) is 3.26. The molecule has 4 N–H and O–H groups in total. The molecule has 0 unspecified atom stereocenters. The van der Waals surface area contributed by atoms with E-state index in [0.717, 1.165) is 0 Å². The number of nitrogens with one attached hydrogen (secondary N) is 4. The van der Waals surface area contributed by atoms with Crippen LogP contribution in [0.4, 0.5) is 10.6 Å². The van der Waals surface area contributed by atoms with E-state index >= 15 is 0 Å². The van der Waals surface area contributed by atoms with Gasteiger partial charge in [0.15, 0.2) is 0 Å². The lowest BCUT2D eigenvalue weighted by Gasteiger charge is -2.36. The van der Waals surface area contributed by atoms with Gasteiger partial charge in [0.1, 0.15) is 11.4 Å². The molecule has 0 aliphatic heterocycles. The highest BCUT2D eigenvalue weighted by Gasteiger charge is 2.37. The van der Waals surface area contributed by atoms with Crippen molar-refractivity contribution in [1.29, 1.82) is 0 Å². The molecule has 1 saturated carbocycles. The predicted molar refractivity (Wildman–Crippen MR) is 114 cm³/mol. The summed E-state index contributed by atoms with van der Waals surface area (Å²) in [6.45, 7) is 5.19. The van der Waals surface area contributed by atoms with E-state index in [0.29, 0.717) is 24.3 Å². The first-order valence-electron chi connectivity index (χ1n) is 9.93. The molecule has 1 aliphatic carbocycles. The van der Waals surface area contributed by atoms with Gasteiger partial charge in [-0.3, -0.25) is 14.4 Å². The SMILES string of the molecule is CNC(=O)[C@@H]1CC[C@H](NC(=O)C(=O)Nc2ccc(Cl)cn2)[C@@H](NC(=O)OC(C)(C)C)C1. The summed E-state index contributed by atoms with van der Waals surface area (Å²) < 4.78 is 5.29. The van der Waals surface area contributed by atoms with Crippen LogP contribution in [0.1, 0.15) is 40.0 Å². The van der Waals surface area contributed by atoms with Crippen molar-refractivity contribution >= 4 is 41.2 Å². The number of amides is 4. The lowest BCUT2D eigenvalue weighted by atomic mass is 9.81. The number of rotatable bonds is 4. The van der Waals surface area contributed by atoms with Crippen LogP contribution in [0.25, 0.3) is 0 Å². The molecule has 4 amide bonds. The minimum atomic E-state index is -0.903. The molecule has 1 aliphatic rings. The Hall–Kier alpha value is -2.88. The lowest BCUT2D eigenvalue weighted by molar-refractivity contribution is -0.137. The maximum atomic E-state index is 12.4. The molecule has 0 saturated heterocycles. The monoisotopic (exact) mass is 453 g/mol. The summed E-state index contributed by atoms with van der Waals surface area (Å²) in [6, 6.07) is 1.86. The van der Waals surface area contributed by atoms with E-state index in [9.17, 15) is 19.2 Å². The number of carbonyl (C=O) groups excluding carboxylic acids is 4. The van der Waals surface area contributed by atoms with Crippen molar-refractivity contribution in [2.45, 2.75) is 57.7 Å². The minimum absolute atomic E-state index is 0.146. The molecule has 1 heterocycles. The first-order chi connectivity index (χ1) is 14.5. The minimum Gasteiger partial charge on any atom is -0.444 e. The second-order valence-corrected chi connectivity index (χ2v) is 8.71. The van der Waals surface area contributed by atoms with E-state index in [-0.39, 0.29) is 17.6 Å². The van der Waals surface area contributed by atoms with Gasteiger partial charge in [-0.2, -0.15) is 0 Å². The van der Waals surface area contributed by atoms with Crippen LogP contribution in [0.5, 0.6) is 0 Å². The fourth-order valence-corrected chi connectivity index (χ4v) is 3.37. The number of nitrogens with zero attached hydrogens (tertiary/aromatic N) is 1. The number of hydrogen-bond donors (Lipinski definition) is 4. The first-order valence-corrected chi connectivity index (χ1v) is 10.3. The predicted octanol–water partition coefficient (Wildman–Crippen LogP) is 1.60. The van der Waals surface area contributed by atoms with Gasteiger partial charge < -0.3 is 26.0 Å². The average Bonchev–Trinajstić information content (AvgIpc) is 2.68. The molecule has 0 radical (unpaired) electrons. The van der Waals surface area contributed by atoms with E-state index in [1.807, 2.05) is 0 Å². The Labute approximate surface area is 185 Å². The lowest BCUT2D eigenvalue weighted by Crippen LogP contribution is -2.57. The van der Waals surface area contributed by atoms with E-state index in [1.165, 1.54) is 18.3 Å². The Morgan fingerprint density at radius 3 is 2.35 bits per heavy atom. The Kier molecular flexibility index (Phi) is 8.21. The van der Waals surface area contributed by atoms with Gasteiger partial charge >= 0.3 is 17.9 Å². The summed E-state index contributed by atoms with van der Waals surface area (Å²) in [5, 5.41) is 10.7. The second-order valence-electron chi connectivity index (χ2n) is 8.27. The van der Waals surface area contributed by atoms with Crippen molar-refractivity contribution in [2.24, 2.45) is 5.92 Å². The molecule has 0 aromatic carbocycles. The zero-order valence-electron chi connectivity index (χ0n) is 18.0. The molecule has 1 fully saturated rings. The highest BCUT2D eigenvalue weighted by molar-refractivity contribution is 6.39. The number of halogens is 1. The highest BCUT2D eigenvalue weighted by atomic mass is 35.5. The van der Waals surface area contributed by atoms with Gasteiger partial charge in [-0.15, -0.1) is 0 Å². The molecule has 1 aromatic heterocycles. The van der Waals surface area contributed by atoms with Crippen molar-refractivity contribution in [1.82, 2.24) is 20.9 Å². The van der Waals surface area contributed by atoms with Crippen molar-refractivity contribution in [3.63, 3.8) is 0 Å². The third-order valence-electron chi connectivity index (χ3n) is 4.66. The first kappa shape index (κ1) is 24.4. The summed E-state index contributed by atoms with van der Waals surface area (Å²) in [5.74, 6) is -2.08. The smallest absolute Gasteiger partial charge is 0.407 e. The van der Waals surface area contributed by atoms with Crippen molar-refractivity contribution < 1.29 is 23.9 Å². The molecule has 31 heavy (non-hydrogen) atoms. The van der Waals surface area contributed by atoms with Gasteiger partial charge in [-0.1, -0.05) is 11.6 Å². The third-order valence-corrected chi connectivity index (χ3v) is 4.88. The summed E-state index contributed by atoms with van der Waals surface area (Å²) in [5.41, 5.74) is -0.705. The van der Waals surface area contributed by atoms with Gasteiger partial charge in [0.2, 0.25) is 5.91 Å². The van der Waals surface area contributed by atoms with E-state index < -0.39 is 35.6 Å². The maximum absolute atomic E-state index is 12.4. The zero-order chi connectivity index (χ0) is 23.2. The number of anilines is 1. The van der Waals surface area contributed by atoms with Crippen LogP contribution in [0, 0.1) is 5.92 Å². The molecule has 11 heteroatoms. The third kappa shape index (κ3) is 7.71. The molecular formula is C20H28ClN5O5. The number of hydrogen-bond acceptors (Lipinski definition) is 6. The van der Waals surface area contributed by atoms with Crippen LogP contribution in [-0.2, 0) is 19.1 Å². The van der Waals surface area contributed by atoms with Crippen LogP contribution < -0.4 is 21.3 Å². The van der Waals surface area contributed by atoms with Gasteiger partial charge in [-0.05, 0) is 52.2 Å². The van der Waals surface area contributed by atoms with Crippen LogP contribution in [0.2, 0.25) is 5.02 Å². The molecule has 1 aromatic rings. The van der Waals surface area contributed by atoms with Crippen molar-refractivity contribution in [3.8, 4) is 0 Å². The normalized spacial score (nSPS) is 20.9. The zero-order valence-corrected chi connectivity index (χ0v) is 18.7. The second kappa shape index (κ2) is 10.4. The molecule has 10 nitrogen and oxygen atoms in total. The average molecular weight is 454 g/mol. The molecule has 170 valence electrons. The van der Waals surface area contributed by atoms with Gasteiger partial charge in [0.25, 0.3) is 0 Å². The highest BCUT2D eigenvalue weighted by Crippen LogP contribution is 2.25. The summed E-state index contributed by atoms with van der Waals surface area (Å²) >= 11 is 5.75. The van der Waals surface area contributed by atoms with Crippen LogP contribution in [-0.4, -0.2) is 53.5 Å². The van der Waals surface area contributed by atoms with Crippen molar-refractivity contribution in [3.05, 3.63) is 23.4 Å². The van der Waals surface area contributed by atoms with E-state index in [4.69, 9.17) is 16.3 Å². The van der Waals surface area contributed by atoms with Gasteiger partial charge in [0.05, 0.1) is 11.1 Å².